The van der Waals surface area contributed by atoms with Crippen molar-refractivity contribution in [3.63, 3.8) is 0 Å². The number of halogens is 1. The molecule has 6 heteroatoms. The molecule has 0 saturated heterocycles. The zero-order valence-electron chi connectivity index (χ0n) is 8.33. The third-order valence-electron chi connectivity index (χ3n) is 1.79. The highest BCUT2D eigenvalue weighted by Crippen LogP contribution is 2.13. The summed E-state index contributed by atoms with van der Waals surface area (Å²) in [5, 5.41) is 3.37. The zero-order chi connectivity index (χ0) is 11.3. The van der Waals surface area contributed by atoms with Crippen LogP contribution in [0.1, 0.15) is 0 Å². The molecule has 0 aliphatic heterocycles. The van der Waals surface area contributed by atoms with Crippen LogP contribution in [-0.4, -0.2) is 28.6 Å². The van der Waals surface area contributed by atoms with Gasteiger partial charge in [-0.3, -0.25) is 0 Å². The van der Waals surface area contributed by atoms with Gasteiger partial charge in [0.15, 0.2) is 0 Å². The summed E-state index contributed by atoms with van der Waals surface area (Å²) in [5.41, 5.74) is 0. The third kappa shape index (κ3) is 3.79. The molecule has 0 spiro atoms. The van der Waals surface area contributed by atoms with Crippen LogP contribution in [-0.2, 0) is 10.0 Å². The van der Waals surface area contributed by atoms with Crippen molar-refractivity contribution < 1.29 is 8.42 Å². The minimum absolute atomic E-state index is 0.225. The maximum Gasteiger partial charge on any atom is 0.240 e. The first kappa shape index (κ1) is 12.4. The van der Waals surface area contributed by atoms with Crippen molar-refractivity contribution >= 4 is 21.6 Å². The molecule has 4 nitrogen and oxygen atoms in total. The molecule has 1 aromatic carbocycles. The van der Waals surface area contributed by atoms with Gasteiger partial charge in [0.1, 0.15) is 0 Å². The maximum absolute atomic E-state index is 11.6. The van der Waals surface area contributed by atoms with E-state index in [1.807, 2.05) is 0 Å². The lowest BCUT2D eigenvalue weighted by molar-refractivity contribution is 0.579. The van der Waals surface area contributed by atoms with Crippen LogP contribution < -0.4 is 10.0 Å². The van der Waals surface area contributed by atoms with Crippen LogP contribution in [0.2, 0.25) is 5.02 Å². The Morgan fingerprint density at radius 3 is 2.33 bits per heavy atom. The zero-order valence-corrected chi connectivity index (χ0v) is 9.90. The van der Waals surface area contributed by atoms with Crippen LogP contribution in [0.3, 0.4) is 0 Å². The fraction of sp³-hybridized carbons (Fsp3) is 0.333. The predicted octanol–water partition coefficient (Wildman–Crippen LogP) is 0.838. The van der Waals surface area contributed by atoms with Crippen molar-refractivity contribution in [3.05, 3.63) is 29.3 Å². The van der Waals surface area contributed by atoms with E-state index in [1.165, 1.54) is 12.1 Å². The second-order valence-corrected chi connectivity index (χ2v) is 5.16. The van der Waals surface area contributed by atoms with Crippen LogP contribution in [0.5, 0.6) is 0 Å². The van der Waals surface area contributed by atoms with Gasteiger partial charge in [-0.05, 0) is 31.3 Å². The molecular formula is C9H13ClN2O2S. The van der Waals surface area contributed by atoms with E-state index in [2.05, 4.69) is 10.0 Å². The molecule has 0 aliphatic carbocycles. The average Bonchev–Trinajstić information content (AvgIpc) is 2.18. The minimum atomic E-state index is -3.40. The highest BCUT2D eigenvalue weighted by molar-refractivity contribution is 7.89. The van der Waals surface area contributed by atoms with E-state index in [0.29, 0.717) is 18.1 Å². The van der Waals surface area contributed by atoms with Crippen LogP contribution in [0.25, 0.3) is 0 Å². The van der Waals surface area contributed by atoms with E-state index in [0.717, 1.165) is 0 Å². The summed E-state index contributed by atoms with van der Waals surface area (Å²) in [7, 11) is -1.64. The molecule has 0 radical (unpaired) electrons. The Hall–Kier alpha value is -0.620. The van der Waals surface area contributed by atoms with Crippen LogP contribution >= 0.6 is 11.6 Å². The Labute approximate surface area is 94.7 Å². The summed E-state index contributed by atoms with van der Waals surface area (Å²) in [4.78, 5) is 0.225. The fourth-order valence-electron chi connectivity index (χ4n) is 1.01. The largest absolute Gasteiger partial charge is 0.318 e. The highest BCUT2D eigenvalue weighted by atomic mass is 35.5. The van der Waals surface area contributed by atoms with Gasteiger partial charge in [-0.15, -0.1) is 0 Å². The Morgan fingerprint density at radius 2 is 1.80 bits per heavy atom. The van der Waals surface area contributed by atoms with Crippen molar-refractivity contribution in [2.45, 2.75) is 4.90 Å². The van der Waals surface area contributed by atoms with Crippen LogP contribution in [0.15, 0.2) is 29.2 Å². The lowest BCUT2D eigenvalue weighted by Gasteiger charge is -2.05. The predicted molar refractivity (Wildman–Crippen MR) is 60.6 cm³/mol. The normalized spacial score (nSPS) is 11.6. The summed E-state index contributed by atoms with van der Waals surface area (Å²) in [6, 6.07) is 6.05. The van der Waals surface area contributed by atoms with Crippen molar-refractivity contribution in [2.75, 3.05) is 20.1 Å². The van der Waals surface area contributed by atoms with Crippen molar-refractivity contribution in [1.82, 2.24) is 10.0 Å². The maximum atomic E-state index is 11.6. The van der Waals surface area contributed by atoms with Crippen molar-refractivity contribution in [3.8, 4) is 0 Å². The second-order valence-electron chi connectivity index (χ2n) is 2.96. The molecule has 2 N–H and O–H groups in total. The first-order chi connectivity index (χ1) is 7.06. The van der Waals surface area contributed by atoms with E-state index >= 15 is 0 Å². The molecule has 0 saturated carbocycles. The second kappa shape index (κ2) is 5.46. The van der Waals surface area contributed by atoms with E-state index in [-0.39, 0.29) is 4.90 Å². The molecule has 1 aromatic rings. The minimum Gasteiger partial charge on any atom is -0.318 e. The number of rotatable bonds is 5. The lowest BCUT2D eigenvalue weighted by atomic mass is 10.4. The molecule has 84 valence electrons. The number of hydrogen-bond donors (Lipinski definition) is 2. The van der Waals surface area contributed by atoms with E-state index in [9.17, 15) is 8.42 Å². The Morgan fingerprint density at radius 1 is 1.20 bits per heavy atom. The number of hydrogen-bond acceptors (Lipinski definition) is 3. The van der Waals surface area contributed by atoms with Crippen molar-refractivity contribution in [1.29, 1.82) is 0 Å². The summed E-state index contributed by atoms with van der Waals surface area (Å²) < 4.78 is 25.7. The fourth-order valence-corrected chi connectivity index (χ4v) is 2.17. The van der Waals surface area contributed by atoms with Crippen LogP contribution in [0, 0.1) is 0 Å². The van der Waals surface area contributed by atoms with E-state index < -0.39 is 10.0 Å². The average molecular weight is 249 g/mol. The molecule has 1 rings (SSSR count). The molecular weight excluding hydrogens is 236 g/mol. The molecule has 0 heterocycles. The van der Waals surface area contributed by atoms with Gasteiger partial charge in [-0.1, -0.05) is 11.6 Å². The molecule has 15 heavy (non-hydrogen) atoms. The SMILES string of the molecule is CNCCNS(=O)(=O)c1ccc(Cl)cc1. The summed E-state index contributed by atoms with van der Waals surface area (Å²) >= 11 is 5.66. The summed E-state index contributed by atoms with van der Waals surface area (Å²) in [6.45, 7) is 0.953. The third-order valence-corrected chi connectivity index (χ3v) is 3.52. The lowest BCUT2D eigenvalue weighted by Crippen LogP contribution is -2.30. The molecule has 0 aromatic heterocycles. The Kier molecular flexibility index (Phi) is 4.53. The summed E-state index contributed by atoms with van der Waals surface area (Å²) in [6.07, 6.45) is 0. The van der Waals surface area contributed by atoms with Gasteiger partial charge in [-0.25, -0.2) is 13.1 Å². The van der Waals surface area contributed by atoms with Gasteiger partial charge in [0, 0.05) is 18.1 Å². The summed E-state index contributed by atoms with van der Waals surface area (Å²) in [5.74, 6) is 0. The van der Waals surface area contributed by atoms with Crippen LogP contribution in [0.4, 0.5) is 0 Å². The quantitative estimate of drug-likeness (QED) is 0.760. The van der Waals surface area contributed by atoms with Gasteiger partial charge in [0.05, 0.1) is 4.90 Å². The molecule has 0 bridgehead atoms. The van der Waals surface area contributed by atoms with Gasteiger partial charge in [0.25, 0.3) is 0 Å². The monoisotopic (exact) mass is 248 g/mol. The molecule has 0 atom stereocenters. The van der Waals surface area contributed by atoms with Gasteiger partial charge in [0.2, 0.25) is 10.0 Å². The first-order valence-electron chi connectivity index (χ1n) is 4.46. The Bertz CT molecular complexity index is 403. The van der Waals surface area contributed by atoms with E-state index in [1.54, 1.807) is 19.2 Å². The van der Waals surface area contributed by atoms with E-state index in [4.69, 9.17) is 11.6 Å². The Balaban J connectivity index is 2.73. The standard InChI is InChI=1S/C9H13ClN2O2S/c1-11-6-7-12-15(13,14)9-4-2-8(10)3-5-9/h2-5,11-12H,6-7H2,1H3. The highest BCUT2D eigenvalue weighted by Gasteiger charge is 2.12. The van der Waals surface area contributed by atoms with Gasteiger partial charge < -0.3 is 5.32 Å². The first-order valence-corrected chi connectivity index (χ1v) is 6.32. The molecule has 0 aliphatic rings. The topological polar surface area (TPSA) is 58.2 Å². The molecule has 0 amide bonds. The smallest absolute Gasteiger partial charge is 0.240 e. The van der Waals surface area contributed by atoms with Crippen molar-refractivity contribution in [2.24, 2.45) is 0 Å². The number of nitrogens with one attached hydrogen (secondary N) is 2. The van der Waals surface area contributed by atoms with Gasteiger partial charge in [-0.2, -0.15) is 0 Å². The van der Waals surface area contributed by atoms with Gasteiger partial charge >= 0.3 is 0 Å². The number of likely N-dealkylation sites (N-methyl/N-ethyl adjacent to an activating group) is 1. The molecule has 0 fully saturated rings. The molecule has 0 unspecified atom stereocenters. The number of sulfonamides is 1. The number of benzene rings is 1.